The first-order valence-corrected chi connectivity index (χ1v) is 10.2. The number of anilines is 1. The molecular formula is C17H24N2O3S. The molecule has 2 aliphatic rings. The summed E-state index contributed by atoms with van der Waals surface area (Å²) in [6.45, 7) is 0.809. The fraction of sp³-hybridized carbons (Fsp3) is 0.588. The fourth-order valence-corrected chi connectivity index (χ4v) is 4.53. The van der Waals surface area contributed by atoms with Crippen molar-refractivity contribution in [1.82, 2.24) is 4.90 Å². The number of carbonyl (C=O) groups excluding carboxylic acids is 1. The summed E-state index contributed by atoms with van der Waals surface area (Å²) >= 11 is 0. The molecule has 0 radical (unpaired) electrons. The van der Waals surface area contributed by atoms with E-state index >= 15 is 0 Å². The van der Waals surface area contributed by atoms with E-state index in [1.165, 1.54) is 25.7 Å². The van der Waals surface area contributed by atoms with Crippen LogP contribution in [0.4, 0.5) is 5.69 Å². The third kappa shape index (κ3) is 3.86. The third-order valence-corrected chi connectivity index (χ3v) is 5.52. The summed E-state index contributed by atoms with van der Waals surface area (Å²) in [7, 11) is -3.34. The zero-order valence-electron chi connectivity index (χ0n) is 13.5. The quantitative estimate of drug-likeness (QED) is 0.923. The molecule has 1 aromatic carbocycles. The highest BCUT2D eigenvalue weighted by molar-refractivity contribution is 7.92. The van der Waals surface area contributed by atoms with Gasteiger partial charge in [0.15, 0.2) is 0 Å². The first-order valence-electron chi connectivity index (χ1n) is 8.33. The van der Waals surface area contributed by atoms with E-state index in [4.69, 9.17) is 0 Å². The molecule has 1 aliphatic carbocycles. The topological polar surface area (TPSA) is 66.5 Å². The number of carbonyl (C=O) groups is 1. The van der Waals surface area contributed by atoms with E-state index in [-0.39, 0.29) is 5.91 Å². The van der Waals surface area contributed by atoms with Crippen molar-refractivity contribution in [2.24, 2.45) is 5.92 Å². The average Bonchev–Trinajstić information content (AvgIpc) is 2.52. The number of hydrogen-bond donors (Lipinski definition) is 1. The van der Waals surface area contributed by atoms with Crippen LogP contribution in [-0.4, -0.2) is 38.1 Å². The first-order chi connectivity index (χ1) is 10.9. The van der Waals surface area contributed by atoms with Gasteiger partial charge < -0.3 is 4.90 Å². The van der Waals surface area contributed by atoms with E-state index in [1.54, 1.807) is 24.3 Å². The molecule has 5 nitrogen and oxygen atoms in total. The molecule has 1 saturated heterocycles. The lowest BCUT2D eigenvalue weighted by Crippen LogP contribution is -2.49. The molecule has 0 aromatic heterocycles. The lowest BCUT2D eigenvalue weighted by Gasteiger charge is -2.44. The number of benzene rings is 1. The van der Waals surface area contributed by atoms with Crippen molar-refractivity contribution >= 4 is 21.6 Å². The molecule has 1 heterocycles. The van der Waals surface area contributed by atoms with Gasteiger partial charge in [-0.1, -0.05) is 18.9 Å². The van der Waals surface area contributed by atoms with Crippen LogP contribution in [-0.2, 0) is 10.0 Å². The second-order valence-corrected chi connectivity index (χ2v) is 8.46. The molecule has 1 aliphatic heterocycles. The lowest BCUT2D eigenvalue weighted by molar-refractivity contribution is 0.0391. The lowest BCUT2D eigenvalue weighted by atomic mass is 9.78. The van der Waals surface area contributed by atoms with Crippen molar-refractivity contribution in [2.75, 3.05) is 17.5 Å². The maximum Gasteiger partial charge on any atom is 0.254 e. The van der Waals surface area contributed by atoms with Crippen molar-refractivity contribution in [3.05, 3.63) is 29.8 Å². The van der Waals surface area contributed by atoms with Gasteiger partial charge in [-0.15, -0.1) is 0 Å². The van der Waals surface area contributed by atoms with E-state index in [0.717, 1.165) is 25.6 Å². The second kappa shape index (κ2) is 6.51. The molecule has 1 saturated carbocycles. The predicted molar refractivity (Wildman–Crippen MR) is 90.9 cm³/mol. The minimum atomic E-state index is -3.34. The summed E-state index contributed by atoms with van der Waals surface area (Å²) in [5, 5.41) is 0. The van der Waals surface area contributed by atoms with Crippen LogP contribution in [0.15, 0.2) is 24.3 Å². The Bertz CT molecular complexity index is 685. The molecule has 0 spiro atoms. The highest BCUT2D eigenvalue weighted by Gasteiger charge is 2.35. The zero-order valence-corrected chi connectivity index (χ0v) is 14.3. The number of piperidine rings is 1. The molecule has 126 valence electrons. The Kier molecular flexibility index (Phi) is 4.62. The molecule has 1 N–H and O–H groups in total. The van der Waals surface area contributed by atoms with Crippen LogP contribution in [0.1, 0.15) is 48.9 Å². The second-order valence-electron chi connectivity index (χ2n) is 6.71. The summed E-state index contributed by atoms with van der Waals surface area (Å²) in [6.07, 6.45) is 8.19. The molecular weight excluding hydrogens is 312 g/mol. The van der Waals surface area contributed by atoms with Crippen LogP contribution in [0.5, 0.6) is 0 Å². The van der Waals surface area contributed by atoms with E-state index in [9.17, 15) is 13.2 Å². The van der Waals surface area contributed by atoms with Crippen molar-refractivity contribution < 1.29 is 13.2 Å². The van der Waals surface area contributed by atoms with Crippen molar-refractivity contribution in [3.8, 4) is 0 Å². The van der Waals surface area contributed by atoms with Crippen LogP contribution in [0.3, 0.4) is 0 Å². The number of likely N-dealkylation sites (tertiary alicyclic amines) is 1. The largest absolute Gasteiger partial charge is 0.335 e. The number of fused-ring (bicyclic) bond motifs is 1. The molecule has 6 heteroatoms. The van der Waals surface area contributed by atoms with Crippen LogP contribution in [0.2, 0.25) is 0 Å². The monoisotopic (exact) mass is 336 g/mol. The molecule has 3 rings (SSSR count). The number of rotatable bonds is 3. The smallest absolute Gasteiger partial charge is 0.254 e. The minimum absolute atomic E-state index is 0.0266. The highest BCUT2D eigenvalue weighted by Crippen LogP contribution is 2.36. The van der Waals surface area contributed by atoms with Gasteiger partial charge in [0.2, 0.25) is 10.0 Å². The SMILES string of the molecule is CS(=O)(=O)Nc1cccc(C(=O)N2CCCC3CCCCC32)c1. The fourth-order valence-electron chi connectivity index (χ4n) is 3.97. The molecule has 1 amide bonds. The van der Waals surface area contributed by atoms with E-state index in [1.807, 2.05) is 4.90 Å². The van der Waals surface area contributed by atoms with E-state index < -0.39 is 10.0 Å². The van der Waals surface area contributed by atoms with Gasteiger partial charge in [-0.25, -0.2) is 8.42 Å². The molecule has 2 unspecified atom stereocenters. The summed E-state index contributed by atoms with van der Waals surface area (Å²) < 4.78 is 25.2. The molecule has 2 fully saturated rings. The number of nitrogens with one attached hydrogen (secondary N) is 1. The Morgan fingerprint density at radius 1 is 1.17 bits per heavy atom. The molecule has 0 bridgehead atoms. The molecule has 1 aromatic rings. The Morgan fingerprint density at radius 2 is 1.91 bits per heavy atom. The van der Waals surface area contributed by atoms with Crippen LogP contribution >= 0.6 is 0 Å². The number of hydrogen-bond acceptors (Lipinski definition) is 3. The van der Waals surface area contributed by atoms with Gasteiger partial charge in [0, 0.05) is 23.8 Å². The first kappa shape index (κ1) is 16.3. The van der Waals surface area contributed by atoms with Gasteiger partial charge in [0.05, 0.1) is 6.26 Å². The summed E-state index contributed by atoms with van der Waals surface area (Å²) in [6, 6.07) is 7.15. The van der Waals surface area contributed by atoms with Crippen molar-refractivity contribution in [2.45, 2.75) is 44.6 Å². The Balaban J connectivity index is 1.80. The van der Waals surface area contributed by atoms with Gasteiger partial charge in [-0.3, -0.25) is 9.52 Å². The van der Waals surface area contributed by atoms with Gasteiger partial charge >= 0.3 is 0 Å². The van der Waals surface area contributed by atoms with Gasteiger partial charge in [-0.05, 0) is 49.8 Å². The van der Waals surface area contributed by atoms with Crippen LogP contribution < -0.4 is 4.72 Å². The number of amides is 1. The molecule has 2 atom stereocenters. The summed E-state index contributed by atoms with van der Waals surface area (Å²) in [5.74, 6) is 0.664. The normalized spacial score (nSPS) is 24.8. The van der Waals surface area contributed by atoms with E-state index in [2.05, 4.69) is 4.72 Å². The van der Waals surface area contributed by atoms with Gasteiger partial charge in [0.1, 0.15) is 0 Å². The van der Waals surface area contributed by atoms with Crippen LogP contribution in [0, 0.1) is 5.92 Å². The Morgan fingerprint density at radius 3 is 2.70 bits per heavy atom. The summed E-state index contributed by atoms with van der Waals surface area (Å²) in [4.78, 5) is 14.9. The number of sulfonamides is 1. The predicted octanol–water partition coefficient (Wildman–Crippen LogP) is 2.85. The average molecular weight is 336 g/mol. The van der Waals surface area contributed by atoms with Gasteiger partial charge in [0.25, 0.3) is 5.91 Å². The van der Waals surface area contributed by atoms with Gasteiger partial charge in [-0.2, -0.15) is 0 Å². The summed E-state index contributed by atoms with van der Waals surface area (Å²) in [5.41, 5.74) is 1.00. The highest BCUT2D eigenvalue weighted by atomic mass is 32.2. The minimum Gasteiger partial charge on any atom is -0.335 e. The maximum absolute atomic E-state index is 12.9. The number of nitrogens with zero attached hydrogens (tertiary/aromatic N) is 1. The van der Waals surface area contributed by atoms with Crippen molar-refractivity contribution in [1.29, 1.82) is 0 Å². The zero-order chi connectivity index (χ0) is 16.4. The Labute approximate surface area is 138 Å². The molecule has 23 heavy (non-hydrogen) atoms. The Hall–Kier alpha value is -1.56. The van der Waals surface area contributed by atoms with E-state index in [0.29, 0.717) is 23.2 Å². The third-order valence-electron chi connectivity index (χ3n) is 4.92. The maximum atomic E-state index is 12.9. The van der Waals surface area contributed by atoms with Crippen molar-refractivity contribution in [3.63, 3.8) is 0 Å². The van der Waals surface area contributed by atoms with Crippen LogP contribution in [0.25, 0.3) is 0 Å². The standard InChI is InChI=1S/C17H24N2O3S/c1-23(21,22)18-15-9-4-7-14(12-15)17(20)19-11-5-8-13-6-2-3-10-16(13)19/h4,7,9,12-13,16,18H,2-3,5-6,8,10-11H2,1H3.